The number of nitrogens with one attached hydrogen (secondary N) is 1. The van der Waals surface area contributed by atoms with Crippen molar-refractivity contribution >= 4 is 0 Å². The largest absolute Gasteiger partial charge is 0.377 e. The summed E-state index contributed by atoms with van der Waals surface area (Å²) >= 11 is 0. The molecule has 4 atom stereocenters. The predicted octanol–water partition coefficient (Wildman–Crippen LogP) is 4.39. The van der Waals surface area contributed by atoms with Gasteiger partial charge < -0.3 is 10.1 Å². The van der Waals surface area contributed by atoms with Gasteiger partial charge in [-0.2, -0.15) is 0 Å². The van der Waals surface area contributed by atoms with E-state index in [-0.39, 0.29) is 5.60 Å². The van der Waals surface area contributed by atoms with Crippen LogP contribution in [0.4, 0.5) is 0 Å². The van der Waals surface area contributed by atoms with Crippen molar-refractivity contribution in [1.29, 1.82) is 0 Å². The lowest BCUT2D eigenvalue weighted by molar-refractivity contribution is -0.0904. The number of methoxy groups -OCH3 is 1. The predicted molar refractivity (Wildman–Crippen MR) is 88.4 cm³/mol. The van der Waals surface area contributed by atoms with Gasteiger partial charge in [0, 0.05) is 13.2 Å². The molecule has 2 nitrogen and oxygen atoms in total. The monoisotopic (exact) mass is 293 g/mol. The van der Waals surface area contributed by atoms with E-state index in [0.717, 1.165) is 17.8 Å². The van der Waals surface area contributed by atoms with Crippen LogP contribution in [0.15, 0.2) is 0 Å². The maximum absolute atomic E-state index is 6.15. The molecule has 3 rings (SSSR count). The lowest BCUT2D eigenvalue weighted by atomic mass is 9.66. The summed E-state index contributed by atoms with van der Waals surface area (Å²) in [4.78, 5) is 0. The molecular formula is C19H35NO. The van der Waals surface area contributed by atoms with Crippen molar-refractivity contribution in [2.45, 2.75) is 83.3 Å². The first-order valence-electron chi connectivity index (χ1n) is 9.20. The van der Waals surface area contributed by atoms with Gasteiger partial charge in [-0.3, -0.25) is 0 Å². The molecule has 0 spiro atoms. The molecule has 4 unspecified atom stereocenters. The lowest BCUT2D eigenvalue weighted by Gasteiger charge is -2.48. The minimum atomic E-state index is 0.0894. The van der Waals surface area contributed by atoms with Crippen molar-refractivity contribution in [3.8, 4) is 0 Å². The zero-order valence-electron chi connectivity index (χ0n) is 14.6. The highest BCUT2D eigenvalue weighted by atomic mass is 16.5. The molecule has 0 saturated heterocycles. The first-order chi connectivity index (χ1) is 9.98. The van der Waals surface area contributed by atoms with Gasteiger partial charge in [0.1, 0.15) is 0 Å². The Kier molecular flexibility index (Phi) is 4.40. The van der Waals surface area contributed by atoms with E-state index in [1.165, 1.54) is 57.8 Å². The number of rotatable bonds is 5. The van der Waals surface area contributed by atoms with Gasteiger partial charge in [-0.1, -0.05) is 20.3 Å². The SMILES string of the molecule is CNC(CC1CC2CCC1C2)C1(OC)CCC(C)(C)CC1. The molecule has 0 amide bonds. The zero-order chi connectivity index (χ0) is 15.1. The van der Waals surface area contributed by atoms with Crippen molar-refractivity contribution in [3.63, 3.8) is 0 Å². The topological polar surface area (TPSA) is 21.3 Å². The quantitative estimate of drug-likeness (QED) is 0.812. The van der Waals surface area contributed by atoms with E-state index in [2.05, 4.69) is 26.2 Å². The number of hydrogen-bond donors (Lipinski definition) is 1. The van der Waals surface area contributed by atoms with Crippen molar-refractivity contribution in [3.05, 3.63) is 0 Å². The Morgan fingerprint density at radius 1 is 1.10 bits per heavy atom. The maximum atomic E-state index is 6.15. The summed E-state index contributed by atoms with van der Waals surface area (Å²) in [5.41, 5.74) is 0.596. The first kappa shape index (κ1) is 15.8. The average molecular weight is 293 g/mol. The van der Waals surface area contributed by atoms with E-state index in [9.17, 15) is 0 Å². The molecular weight excluding hydrogens is 258 g/mol. The van der Waals surface area contributed by atoms with Gasteiger partial charge in [0.05, 0.1) is 5.60 Å². The second-order valence-electron chi connectivity index (χ2n) is 8.95. The molecule has 2 heteroatoms. The minimum Gasteiger partial charge on any atom is -0.377 e. The molecule has 0 heterocycles. The van der Waals surface area contributed by atoms with Gasteiger partial charge in [0.15, 0.2) is 0 Å². The molecule has 21 heavy (non-hydrogen) atoms. The number of likely N-dealkylation sites (N-methyl/N-ethyl adjacent to an activating group) is 1. The highest BCUT2D eigenvalue weighted by Crippen LogP contribution is 2.52. The molecule has 0 aromatic carbocycles. The van der Waals surface area contributed by atoms with Crippen LogP contribution in [0.3, 0.4) is 0 Å². The molecule has 3 aliphatic rings. The van der Waals surface area contributed by atoms with Gasteiger partial charge in [-0.25, -0.2) is 0 Å². The standard InChI is InChI=1S/C19H35NO/c1-18(2)7-9-19(21-4,10-8-18)17(20-3)13-16-12-14-5-6-15(16)11-14/h14-17,20H,5-13H2,1-4H3. The summed E-state index contributed by atoms with van der Waals surface area (Å²) in [5, 5.41) is 3.65. The van der Waals surface area contributed by atoms with Crippen LogP contribution in [-0.4, -0.2) is 25.8 Å². The average Bonchev–Trinajstić information content (AvgIpc) is 3.08. The van der Waals surface area contributed by atoms with Crippen molar-refractivity contribution in [1.82, 2.24) is 5.32 Å². The minimum absolute atomic E-state index is 0.0894. The van der Waals surface area contributed by atoms with Crippen molar-refractivity contribution in [2.75, 3.05) is 14.2 Å². The van der Waals surface area contributed by atoms with E-state index in [1.807, 2.05) is 7.11 Å². The lowest BCUT2D eigenvalue weighted by Crippen LogP contribution is -2.54. The molecule has 3 fully saturated rings. The van der Waals surface area contributed by atoms with Gasteiger partial charge in [0.25, 0.3) is 0 Å². The van der Waals surface area contributed by atoms with E-state index < -0.39 is 0 Å². The fourth-order valence-electron chi connectivity index (χ4n) is 5.61. The summed E-state index contributed by atoms with van der Waals surface area (Å²) in [6.45, 7) is 4.83. The zero-order valence-corrected chi connectivity index (χ0v) is 14.6. The Morgan fingerprint density at radius 3 is 2.29 bits per heavy atom. The van der Waals surface area contributed by atoms with Crippen LogP contribution in [0, 0.1) is 23.2 Å². The van der Waals surface area contributed by atoms with Crippen LogP contribution in [0.5, 0.6) is 0 Å². The maximum Gasteiger partial charge on any atom is 0.0831 e. The molecule has 3 saturated carbocycles. The molecule has 0 radical (unpaired) electrons. The van der Waals surface area contributed by atoms with Crippen LogP contribution < -0.4 is 5.32 Å². The van der Waals surface area contributed by atoms with Gasteiger partial charge >= 0.3 is 0 Å². The fraction of sp³-hybridized carbons (Fsp3) is 1.00. The van der Waals surface area contributed by atoms with Crippen LogP contribution in [0.2, 0.25) is 0 Å². The number of fused-ring (bicyclic) bond motifs is 2. The molecule has 0 aromatic heterocycles. The smallest absolute Gasteiger partial charge is 0.0831 e. The Hall–Kier alpha value is -0.0800. The van der Waals surface area contributed by atoms with Crippen LogP contribution in [0.1, 0.15) is 71.6 Å². The fourth-order valence-corrected chi connectivity index (χ4v) is 5.61. The Morgan fingerprint density at radius 2 is 1.81 bits per heavy atom. The first-order valence-corrected chi connectivity index (χ1v) is 9.20. The third-order valence-electron chi connectivity index (χ3n) is 7.26. The Balaban J connectivity index is 1.66. The Bertz CT molecular complexity index is 355. The Labute approximate surface area is 131 Å². The molecule has 0 aliphatic heterocycles. The molecule has 122 valence electrons. The summed E-state index contributed by atoms with van der Waals surface area (Å²) in [6.07, 6.45) is 12.4. The van der Waals surface area contributed by atoms with E-state index in [0.29, 0.717) is 11.5 Å². The molecule has 3 aliphatic carbocycles. The third kappa shape index (κ3) is 3.03. The van der Waals surface area contributed by atoms with Crippen LogP contribution in [-0.2, 0) is 4.74 Å². The number of hydrogen-bond acceptors (Lipinski definition) is 2. The highest BCUT2D eigenvalue weighted by molar-refractivity contribution is 5.01. The second-order valence-corrected chi connectivity index (χ2v) is 8.95. The van der Waals surface area contributed by atoms with Gasteiger partial charge in [-0.05, 0) is 81.6 Å². The second kappa shape index (κ2) is 5.85. The third-order valence-corrected chi connectivity index (χ3v) is 7.26. The van der Waals surface area contributed by atoms with Gasteiger partial charge in [0.2, 0.25) is 0 Å². The molecule has 1 N–H and O–H groups in total. The summed E-state index contributed by atoms with van der Waals surface area (Å²) < 4.78 is 6.15. The molecule has 0 aromatic rings. The van der Waals surface area contributed by atoms with Gasteiger partial charge in [-0.15, -0.1) is 0 Å². The normalized spacial score (nSPS) is 38.6. The summed E-state index contributed by atoms with van der Waals surface area (Å²) in [6, 6.07) is 0.544. The van der Waals surface area contributed by atoms with E-state index in [1.54, 1.807) is 0 Å². The summed E-state index contributed by atoms with van der Waals surface area (Å²) in [7, 11) is 4.10. The van der Waals surface area contributed by atoms with E-state index in [4.69, 9.17) is 4.74 Å². The summed E-state index contributed by atoms with van der Waals surface area (Å²) in [5.74, 6) is 3.05. The van der Waals surface area contributed by atoms with Crippen LogP contribution >= 0.6 is 0 Å². The number of ether oxygens (including phenoxy) is 1. The highest BCUT2D eigenvalue weighted by Gasteiger charge is 2.47. The van der Waals surface area contributed by atoms with Crippen LogP contribution in [0.25, 0.3) is 0 Å². The van der Waals surface area contributed by atoms with Crippen molar-refractivity contribution in [2.24, 2.45) is 23.2 Å². The van der Waals surface area contributed by atoms with Crippen molar-refractivity contribution < 1.29 is 4.74 Å². The molecule has 2 bridgehead atoms. The van der Waals surface area contributed by atoms with E-state index >= 15 is 0 Å².